The Bertz CT molecular complexity index is 517. The molecule has 100 valence electrons. The molecule has 1 aliphatic carbocycles. The quantitative estimate of drug-likeness (QED) is 0.847. The number of rotatable bonds is 3. The zero-order valence-corrected chi connectivity index (χ0v) is 11.5. The third kappa shape index (κ3) is 3.25. The molecule has 4 nitrogen and oxygen atoms in total. The fourth-order valence-electron chi connectivity index (χ4n) is 1.79. The molecular formula is C15H18N2O2. The van der Waals surface area contributed by atoms with E-state index >= 15 is 0 Å². The van der Waals surface area contributed by atoms with Crippen LogP contribution in [0.1, 0.15) is 39.2 Å². The number of carbonyl (C=O) groups is 1. The summed E-state index contributed by atoms with van der Waals surface area (Å²) in [6.45, 7) is 5.59. The molecule has 4 heteroatoms. The maximum Gasteiger partial charge on any atom is 0.332 e. The van der Waals surface area contributed by atoms with Gasteiger partial charge in [0.2, 0.25) is 0 Å². The van der Waals surface area contributed by atoms with Crippen molar-refractivity contribution >= 4 is 11.7 Å². The van der Waals surface area contributed by atoms with Crippen molar-refractivity contribution in [2.75, 3.05) is 5.32 Å². The number of hydrogen-bond donors (Lipinski definition) is 1. The van der Waals surface area contributed by atoms with Gasteiger partial charge in [-0.1, -0.05) is 0 Å². The Kier molecular flexibility index (Phi) is 3.23. The summed E-state index contributed by atoms with van der Waals surface area (Å²) in [6.07, 6.45) is 1.56. The number of nitriles is 1. The van der Waals surface area contributed by atoms with E-state index in [-0.39, 0.29) is 5.97 Å². The molecule has 19 heavy (non-hydrogen) atoms. The predicted molar refractivity (Wildman–Crippen MR) is 72.6 cm³/mol. The van der Waals surface area contributed by atoms with Crippen LogP contribution < -0.4 is 5.32 Å². The molecule has 1 aromatic rings. The lowest BCUT2D eigenvalue weighted by atomic mass is 10.1. The summed E-state index contributed by atoms with van der Waals surface area (Å²) in [4.78, 5) is 12.1. The molecule has 0 bridgehead atoms. The summed E-state index contributed by atoms with van der Waals surface area (Å²) < 4.78 is 5.43. The van der Waals surface area contributed by atoms with Gasteiger partial charge < -0.3 is 10.1 Å². The van der Waals surface area contributed by atoms with E-state index in [1.165, 1.54) is 0 Å². The first-order chi connectivity index (χ1) is 8.85. The van der Waals surface area contributed by atoms with Crippen LogP contribution in [-0.4, -0.2) is 17.1 Å². The second-order valence-electron chi connectivity index (χ2n) is 5.90. The Morgan fingerprint density at radius 1 is 1.32 bits per heavy atom. The maximum absolute atomic E-state index is 12.1. The minimum absolute atomic E-state index is 0.204. The van der Waals surface area contributed by atoms with Gasteiger partial charge in [0.1, 0.15) is 11.1 Å². The molecule has 0 atom stereocenters. The number of nitrogens with one attached hydrogen (secondary N) is 1. The van der Waals surface area contributed by atoms with Crippen LogP contribution in [-0.2, 0) is 9.53 Å². The van der Waals surface area contributed by atoms with E-state index in [1.54, 1.807) is 12.1 Å². The summed E-state index contributed by atoms with van der Waals surface area (Å²) in [5.74, 6) is -0.204. The Hall–Kier alpha value is -2.02. The zero-order chi connectivity index (χ0) is 14.1. The van der Waals surface area contributed by atoms with Gasteiger partial charge in [-0.05, 0) is 57.9 Å². The van der Waals surface area contributed by atoms with Gasteiger partial charge in [0.25, 0.3) is 0 Å². The fourth-order valence-corrected chi connectivity index (χ4v) is 1.79. The topological polar surface area (TPSA) is 62.1 Å². The molecule has 1 fully saturated rings. The first-order valence-corrected chi connectivity index (χ1v) is 6.36. The largest absolute Gasteiger partial charge is 0.458 e. The van der Waals surface area contributed by atoms with Gasteiger partial charge in [0, 0.05) is 5.69 Å². The fraction of sp³-hybridized carbons (Fsp3) is 0.467. The molecule has 0 radical (unpaired) electrons. The van der Waals surface area contributed by atoms with Crippen LogP contribution >= 0.6 is 0 Å². The van der Waals surface area contributed by atoms with E-state index in [2.05, 4.69) is 11.4 Å². The van der Waals surface area contributed by atoms with Crippen LogP contribution in [0.3, 0.4) is 0 Å². The van der Waals surface area contributed by atoms with E-state index < -0.39 is 11.1 Å². The van der Waals surface area contributed by atoms with E-state index in [0.717, 1.165) is 18.5 Å². The number of hydrogen-bond acceptors (Lipinski definition) is 4. The average Bonchev–Trinajstić information content (AvgIpc) is 3.09. The number of ether oxygens (including phenoxy) is 1. The van der Waals surface area contributed by atoms with Crippen LogP contribution in [0.25, 0.3) is 0 Å². The van der Waals surface area contributed by atoms with Crippen LogP contribution in [0.2, 0.25) is 0 Å². The van der Waals surface area contributed by atoms with Gasteiger partial charge in [0.05, 0.1) is 11.6 Å². The van der Waals surface area contributed by atoms with E-state index in [9.17, 15) is 4.79 Å². The minimum Gasteiger partial charge on any atom is -0.458 e. The molecule has 1 aliphatic rings. The number of benzene rings is 1. The highest BCUT2D eigenvalue weighted by Gasteiger charge is 2.52. The van der Waals surface area contributed by atoms with Gasteiger partial charge in [-0.25, -0.2) is 4.79 Å². The van der Waals surface area contributed by atoms with E-state index in [4.69, 9.17) is 10.00 Å². The van der Waals surface area contributed by atoms with Crippen molar-refractivity contribution in [1.82, 2.24) is 0 Å². The first-order valence-electron chi connectivity index (χ1n) is 6.36. The Balaban J connectivity index is 2.05. The zero-order valence-electron chi connectivity index (χ0n) is 11.5. The molecule has 2 rings (SSSR count). The molecule has 0 saturated heterocycles. The molecule has 0 aliphatic heterocycles. The van der Waals surface area contributed by atoms with Gasteiger partial charge in [-0.2, -0.15) is 5.26 Å². The van der Waals surface area contributed by atoms with Crippen molar-refractivity contribution in [2.24, 2.45) is 0 Å². The number of carbonyl (C=O) groups excluding carboxylic acids is 1. The second kappa shape index (κ2) is 4.58. The Morgan fingerprint density at radius 2 is 1.89 bits per heavy atom. The van der Waals surface area contributed by atoms with Crippen LogP contribution in [0, 0.1) is 11.3 Å². The van der Waals surface area contributed by atoms with Gasteiger partial charge in [0.15, 0.2) is 0 Å². The third-order valence-corrected chi connectivity index (χ3v) is 2.94. The molecular weight excluding hydrogens is 240 g/mol. The normalized spacial score (nSPS) is 16.3. The molecule has 0 heterocycles. The van der Waals surface area contributed by atoms with Crippen molar-refractivity contribution in [3.05, 3.63) is 29.8 Å². The second-order valence-corrected chi connectivity index (χ2v) is 5.90. The third-order valence-electron chi connectivity index (χ3n) is 2.94. The molecule has 1 N–H and O–H groups in total. The van der Waals surface area contributed by atoms with E-state index in [0.29, 0.717) is 5.56 Å². The monoisotopic (exact) mass is 258 g/mol. The van der Waals surface area contributed by atoms with Gasteiger partial charge >= 0.3 is 5.97 Å². The summed E-state index contributed by atoms with van der Waals surface area (Å²) in [7, 11) is 0. The molecule has 1 saturated carbocycles. The summed E-state index contributed by atoms with van der Waals surface area (Å²) in [5.41, 5.74) is 0.385. The average molecular weight is 258 g/mol. The minimum atomic E-state index is -0.582. The van der Waals surface area contributed by atoms with Gasteiger partial charge in [-0.15, -0.1) is 0 Å². The standard InChI is InChI=1S/C15H18N2O2/c1-14(2,3)19-13(18)15(8-9-15)17-12-6-4-11(10-16)5-7-12/h4-7,17H,8-9H2,1-3H3. The Labute approximate surface area is 113 Å². The molecule has 0 spiro atoms. The highest BCUT2D eigenvalue weighted by Crippen LogP contribution is 2.41. The van der Waals surface area contributed by atoms with Crippen molar-refractivity contribution < 1.29 is 9.53 Å². The Morgan fingerprint density at radius 3 is 2.32 bits per heavy atom. The predicted octanol–water partition coefficient (Wildman–Crippen LogP) is 2.84. The van der Waals surface area contributed by atoms with Crippen LogP contribution in [0.4, 0.5) is 5.69 Å². The number of nitrogens with zero attached hydrogens (tertiary/aromatic N) is 1. The molecule has 0 aromatic heterocycles. The smallest absolute Gasteiger partial charge is 0.332 e. The lowest BCUT2D eigenvalue weighted by Crippen LogP contribution is -2.38. The lowest BCUT2D eigenvalue weighted by molar-refractivity contribution is -0.156. The SMILES string of the molecule is CC(C)(C)OC(=O)C1(Nc2ccc(C#N)cc2)CC1. The first kappa shape index (κ1) is 13.4. The number of esters is 1. The lowest BCUT2D eigenvalue weighted by Gasteiger charge is -2.25. The highest BCUT2D eigenvalue weighted by atomic mass is 16.6. The van der Waals surface area contributed by atoms with Crippen LogP contribution in [0.5, 0.6) is 0 Å². The molecule has 1 aromatic carbocycles. The van der Waals surface area contributed by atoms with Crippen molar-refractivity contribution in [3.8, 4) is 6.07 Å². The highest BCUT2D eigenvalue weighted by molar-refractivity contribution is 5.88. The van der Waals surface area contributed by atoms with Crippen molar-refractivity contribution in [3.63, 3.8) is 0 Å². The summed E-state index contributed by atoms with van der Waals surface area (Å²) >= 11 is 0. The molecule has 0 amide bonds. The van der Waals surface area contributed by atoms with Gasteiger partial charge in [-0.3, -0.25) is 0 Å². The van der Waals surface area contributed by atoms with E-state index in [1.807, 2.05) is 32.9 Å². The van der Waals surface area contributed by atoms with Crippen LogP contribution in [0.15, 0.2) is 24.3 Å². The number of anilines is 1. The van der Waals surface area contributed by atoms with Crippen molar-refractivity contribution in [2.45, 2.75) is 44.8 Å². The molecule has 0 unspecified atom stereocenters. The summed E-state index contributed by atoms with van der Waals surface area (Å²) in [5, 5.41) is 12.0. The maximum atomic E-state index is 12.1. The van der Waals surface area contributed by atoms with Crippen molar-refractivity contribution in [1.29, 1.82) is 5.26 Å². The summed E-state index contributed by atoms with van der Waals surface area (Å²) in [6, 6.07) is 9.14.